The summed E-state index contributed by atoms with van der Waals surface area (Å²) in [5.74, 6) is -2.38. The predicted octanol–water partition coefficient (Wildman–Crippen LogP) is 0.853. The lowest BCUT2D eigenvalue weighted by Crippen LogP contribution is -2.70. The van der Waals surface area contributed by atoms with Gasteiger partial charge in [-0.3, -0.25) is 19.3 Å². The number of aromatic hydroxyl groups is 1. The first kappa shape index (κ1) is 34.5. The molecule has 17 nitrogen and oxygen atoms in total. The second kappa shape index (κ2) is 14.7. The Balaban J connectivity index is 1.13. The van der Waals surface area contributed by atoms with E-state index in [0.29, 0.717) is 28.4 Å². The third-order valence-electron chi connectivity index (χ3n) is 7.47. The molecule has 50 heavy (non-hydrogen) atoms. The predicted molar refractivity (Wildman–Crippen MR) is 178 cm³/mol. The number of hydrogen-bond donors (Lipinski definition) is 6. The molecule has 7 N–H and O–H groups in total. The number of aliphatic hydroxyl groups excluding tert-OH is 1. The van der Waals surface area contributed by atoms with Gasteiger partial charge in [0.05, 0.1) is 18.2 Å². The van der Waals surface area contributed by atoms with Gasteiger partial charge < -0.3 is 40.8 Å². The molecule has 2 aliphatic rings. The number of hydrogen-bond acceptors (Lipinski definition) is 15. The van der Waals surface area contributed by atoms with E-state index in [1.165, 1.54) is 39.9 Å². The highest BCUT2D eigenvalue weighted by molar-refractivity contribution is 8.01. The lowest BCUT2D eigenvalue weighted by molar-refractivity contribution is -0.698. The number of fused-ring (bicyclic) bond motifs is 1. The molecule has 6 rings (SSSR count). The smallest absolute Gasteiger partial charge is 0.352 e. The first-order chi connectivity index (χ1) is 24.0. The minimum Gasteiger partial charge on any atom is -0.503 e. The number of carbonyl (C=O) groups excluding carboxylic acids is 2. The fourth-order valence-electron chi connectivity index (χ4n) is 5.04. The molecular formula is C30H28N7O10S3+. The van der Waals surface area contributed by atoms with Crippen molar-refractivity contribution in [3.8, 4) is 17.1 Å². The molecule has 0 bridgehead atoms. The van der Waals surface area contributed by atoms with Crippen LogP contribution in [-0.4, -0.2) is 87.6 Å². The van der Waals surface area contributed by atoms with Crippen LogP contribution >= 0.6 is 34.9 Å². The number of carbonyl (C=O) groups is 3. The van der Waals surface area contributed by atoms with Gasteiger partial charge in [-0.1, -0.05) is 5.16 Å². The average Bonchev–Trinajstić information content (AvgIpc) is 3.75. The number of pyridine rings is 2. The summed E-state index contributed by atoms with van der Waals surface area (Å²) >= 11 is 3.84. The summed E-state index contributed by atoms with van der Waals surface area (Å²) in [5.41, 5.74) is 5.65. The maximum Gasteiger partial charge on any atom is 0.352 e. The van der Waals surface area contributed by atoms with Crippen molar-refractivity contribution < 1.29 is 48.7 Å². The standard InChI is InChI=1S/C30H27N7O10S3/c31-30-32-20(14-50-30)18(11-46-10-16-7-19(34-47-16)21-8-22(39)23(40)9-36(21)45)26(41)33-24-27(42)37-25(29(43)44)15(13-49-28(24)37)12-48-17-1-3-35(4-2-17)5-6-38/h1-4,7-9,11,14,24,28,38,45H,5-6,10,12-13H2,(H4-,31,32,33,40,41,43,44)/p+1/b18-11-/t24-,28-/m1/s1. The number of carboxylic acid groups (broad SMARTS) is 1. The highest BCUT2D eigenvalue weighted by Crippen LogP contribution is 2.42. The number of nitrogens with one attached hydrogen (secondary N) is 1. The third-order valence-corrected chi connectivity index (χ3v) is 10.6. The second-order valence-electron chi connectivity index (χ2n) is 10.7. The molecule has 0 aliphatic carbocycles. The van der Waals surface area contributed by atoms with Crippen LogP contribution < -0.4 is 21.0 Å². The van der Waals surface area contributed by atoms with Crippen LogP contribution in [0.1, 0.15) is 11.5 Å². The first-order valence-electron chi connectivity index (χ1n) is 14.6. The van der Waals surface area contributed by atoms with E-state index in [2.05, 4.69) is 15.5 Å². The summed E-state index contributed by atoms with van der Waals surface area (Å²) in [7, 11) is 0. The van der Waals surface area contributed by atoms with E-state index >= 15 is 0 Å². The van der Waals surface area contributed by atoms with Crippen molar-refractivity contribution in [2.75, 3.05) is 23.8 Å². The molecule has 0 unspecified atom stereocenters. The summed E-state index contributed by atoms with van der Waals surface area (Å²) < 4.78 is 13.1. The summed E-state index contributed by atoms with van der Waals surface area (Å²) in [5, 5.41) is 46.2. The molecule has 6 heterocycles. The third kappa shape index (κ3) is 7.18. The number of carboxylic acids is 1. The Morgan fingerprint density at radius 2 is 2.04 bits per heavy atom. The Bertz CT molecular complexity index is 2070. The zero-order valence-electron chi connectivity index (χ0n) is 25.7. The molecule has 1 fully saturated rings. The van der Waals surface area contributed by atoms with Crippen LogP contribution in [0.3, 0.4) is 0 Å². The van der Waals surface area contributed by atoms with E-state index < -0.39 is 40.4 Å². The fraction of sp³-hybridized carbons (Fsp3) is 0.233. The highest BCUT2D eigenvalue weighted by Gasteiger charge is 2.54. The quantitative estimate of drug-likeness (QED) is 0.0278. The number of amides is 2. The number of β-lactam (4-membered cyclic amide) rings is 1. The van der Waals surface area contributed by atoms with Crippen molar-refractivity contribution >= 4 is 63.3 Å². The van der Waals surface area contributed by atoms with Crippen molar-refractivity contribution in [1.29, 1.82) is 0 Å². The summed E-state index contributed by atoms with van der Waals surface area (Å²) in [4.78, 5) is 57.2. The lowest BCUT2D eigenvalue weighted by Gasteiger charge is -2.49. The number of nitrogens with two attached hydrogens (primary N) is 1. The molecule has 4 aromatic heterocycles. The molecule has 0 spiro atoms. The number of nitrogens with zero attached hydrogens (tertiary/aromatic N) is 5. The van der Waals surface area contributed by atoms with Gasteiger partial charge in [-0.25, -0.2) is 14.3 Å². The molecule has 20 heteroatoms. The van der Waals surface area contributed by atoms with Crippen molar-refractivity contribution in [1.82, 2.24) is 25.1 Å². The maximum atomic E-state index is 13.5. The number of thioether (sulfide) groups is 2. The number of ether oxygens (including phenoxy) is 1. The molecule has 2 amide bonds. The van der Waals surface area contributed by atoms with Crippen LogP contribution in [0.15, 0.2) is 80.0 Å². The summed E-state index contributed by atoms with van der Waals surface area (Å²) in [6, 6.07) is 5.05. The van der Waals surface area contributed by atoms with Crippen LogP contribution in [0.4, 0.5) is 5.13 Å². The topological polar surface area (TPSA) is 247 Å². The molecule has 1 saturated heterocycles. The first-order valence-corrected chi connectivity index (χ1v) is 17.5. The Labute approximate surface area is 294 Å². The molecule has 260 valence electrons. The Kier molecular flexibility index (Phi) is 10.1. The van der Waals surface area contributed by atoms with E-state index in [4.69, 9.17) is 20.1 Å². The van der Waals surface area contributed by atoms with Gasteiger partial charge in [0.2, 0.25) is 5.43 Å². The number of rotatable bonds is 13. The van der Waals surface area contributed by atoms with Gasteiger partial charge in [-0.15, -0.1) is 34.9 Å². The van der Waals surface area contributed by atoms with E-state index in [0.717, 1.165) is 34.8 Å². The fourth-order valence-corrected chi connectivity index (χ4v) is 7.98. The van der Waals surface area contributed by atoms with Gasteiger partial charge in [0.15, 0.2) is 35.6 Å². The zero-order valence-corrected chi connectivity index (χ0v) is 28.1. The maximum absolute atomic E-state index is 13.5. The van der Waals surface area contributed by atoms with Gasteiger partial charge in [-0.2, -0.15) is 4.73 Å². The van der Waals surface area contributed by atoms with Gasteiger partial charge in [0.25, 0.3) is 11.8 Å². The molecule has 0 saturated carbocycles. The zero-order chi connectivity index (χ0) is 35.5. The Morgan fingerprint density at radius 3 is 2.74 bits per heavy atom. The van der Waals surface area contributed by atoms with Gasteiger partial charge in [-0.05, 0) is 5.57 Å². The minimum absolute atomic E-state index is 0.00785. The van der Waals surface area contributed by atoms with E-state index in [9.17, 15) is 34.6 Å². The van der Waals surface area contributed by atoms with E-state index in [1.807, 2.05) is 29.1 Å². The van der Waals surface area contributed by atoms with Gasteiger partial charge in [0.1, 0.15) is 47.3 Å². The number of aromatic nitrogens is 4. The number of anilines is 1. The number of nitrogen functional groups attached to an aromatic ring is 1. The molecule has 4 aromatic rings. The summed E-state index contributed by atoms with van der Waals surface area (Å²) in [6.07, 6.45) is 5.55. The van der Waals surface area contributed by atoms with Crippen LogP contribution in [0.5, 0.6) is 5.75 Å². The Morgan fingerprint density at radius 1 is 1.26 bits per heavy atom. The van der Waals surface area contributed by atoms with Crippen LogP contribution in [-0.2, 0) is 32.3 Å². The number of aliphatic hydroxyl groups is 1. The molecular weight excluding hydrogens is 715 g/mol. The molecule has 0 radical (unpaired) electrons. The highest BCUT2D eigenvalue weighted by atomic mass is 32.2. The van der Waals surface area contributed by atoms with Crippen molar-refractivity contribution in [2.24, 2.45) is 0 Å². The Hall–Kier alpha value is -5.31. The number of aliphatic carboxylic acids is 1. The van der Waals surface area contributed by atoms with Gasteiger partial charge >= 0.3 is 5.97 Å². The molecule has 2 atom stereocenters. The van der Waals surface area contributed by atoms with Gasteiger partial charge in [0, 0.05) is 46.0 Å². The minimum atomic E-state index is -1.24. The second-order valence-corrected chi connectivity index (χ2v) is 13.8. The number of thiazole rings is 1. The van der Waals surface area contributed by atoms with Crippen molar-refractivity contribution in [3.05, 3.63) is 87.4 Å². The van der Waals surface area contributed by atoms with Crippen molar-refractivity contribution in [2.45, 2.75) is 29.5 Å². The molecule has 0 aromatic carbocycles. The van der Waals surface area contributed by atoms with Crippen LogP contribution in [0.25, 0.3) is 17.0 Å². The van der Waals surface area contributed by atoms with Crippen LogP contribution in [0.2, 0.25) is 0 Å². The van der Waals surface area contributed by atoms with E-state index in [1.54, 1.807) is 0 Å². The monoisotopic (exact) mass is 742 g/mol. The average molecular weight is 743 g/mol. The molecule has 2 aliphatic heterocycles. The SMILES string of the molecule is Nc1nc(/C(=C/OCc2cc(-c3cc(=O)c(O)cn3O)no2)C(=O)N[C@@H]2C(=O)N3C(C(=O)O)=C(CSc4cc[n+](CCO)cc4)CS[C@H]23)cs1. The van der Waals surface area contributed by atoms with E-state index in [-0.39, 0.29) is 52.5 Å². The summed E-state index contributed by atoms with van der Waals surface area (Å²) in [6.45, 7) is 0.220. The lowest BCUT2D eigenvalue weighted by atomic mass is 10.0. The normalized spacial score (nSPS) is 17.3. The van der Waals surface area contributed by atoms with Crippen LogP contribution in [0, 0.1) is 0 Å². The largest absolute Gasteiger partial charge is 0.503 e. The van der Waals surface area contributed by atoms with Crippen molar-refractivity contribution in [3.63, 3.8) is 0 Å².